The lowest BCUT2D eigenvalue weighted by atomic mass is 10.1. The molecule has 0 saturated carbocycles. The van der Waals surface area contributed by atoms with Crippen molar-refractivity contribution in [1.29, 1.82) is 0 Å². The summed E-state index contributed by atoms with van der Waals surface area (Å²) in [6.07, 6.45) is -0.265. The molecule has 0 aliphatic carbocycles. The van der Waals surface area contributed by atoms with Crippen molar-refractivity contribution >= 4 is 41.1 Å². The maximum atomic E-state index is 13.1. The van der Waals surface area contributed by atoms with Gasteiger partial charge in [0.1, 0.15) is 17.1 Å². The molecular formula is C22H24F2N4O3S2. The molecule has 1 saturated heterocycles. The van der Waals surface area contributed by atoms with Crippen molar-refractivity contribution in [3.8, 4) is 5.75 Å². The lowest BCUT2D eigenvalue weighted by molar-refractivity contribution is -0.122. The number of hydrogen-bond acceptors (Lipinski definition) is 7. The van der Waals surface area contributed by atoms with Crippen LogP contribution in [0.3, 0.4) is 0 Å². The summed E-state index contributed by atoms with van der Waals surface area (Å²) >= 11 is 6.52. The molecule has 7 nitrogen and oxygen atoms in total. The monoisotopic (exact) mass is 494 g/mol. The Balaban J connectivity index is 1.77. The van der Waals surface area contributed by atoms with Gasteiger partial charge in [0, 0.05) is 37.3 Å². The highest BCUT2D eigenvalue weighted by molar-refractivity contribution is 7.98. The number of nitrogens with one attached hydrogen (secondary N) is 1. The Morgan fingerprint density at radius 1 is 1.27 bits per heavy atom. The minimum absolute atomic E-state index is 0.199. The molecular weight excluding hydrogens is 470 g/mol. The van der Waals surface area contributed by atoms with Gasteiger partial charge in [0.15, 0.2) is 10.3 Å². The van der Waals surface area contributed by atoms with Gasteiger partial charge in [-0.3, -0.25) is 9.69 Å². The van der Waals surface area contributed by atoms with Crippen molar-refractivity contribution in [2.75, 3.05) is 27.4 Å². The van der Waals surface area contributed by atoms with E-state index in [1.54, 1.807) is 33.3 Å². The number of thiocarbonyl (C=S) groups is 1. The molecule has 1 aromatic heterocycles. The van der Waals surface area contributed by atoms with Gasteiger partial charge in [-0.1, -0.05) is 17.8 Å². The fourth-order valence-corrected chi connectivity index (χ4v) is 4.37. The molecule has 2 aromatic rings. The van der Waals surface area contributed by atoms with Crippen LogP contribution in [0.1, 0.15) is 35.4 Å². The van der Waals surface area contributed by atoms with Crippen LogP contribution in [0.4, 0.5) is 8.78 Å². The molecule has 1 aliphatic heterocycles. The smallest absolute Gasteiger partial charge is 0.280 e. The number of aryl methyl sites for hydroxylation is 1. The van der Waals surface area contributed by atoms with E-state index in [9.17, 15) is 13.6 Å². The van der Waals surface area contributed by atoms with Gasteiger partial charge >= 0.3 is 0 Å². The lowest BCUT2D eigenvalue weighted by Crippen LogP contribution is -2.32. The first-order valence-corrected chi connectivity index (χ1v) is 11.5. The standard InChI is InChI=1S/C22H24F2N4O3S2/c1-13-9-16(19(23)24)26-21(25-13)33-12-15-10-14(5-6-18(15)31-3)11-17-20(29)28(22(32)27-17)7-4-8-30-2/h5-6,9-11,19H,4,7-8,12H2,1-3H3,(H,27,32)/b17-11-. The van der Waals surface area contributed by atoms with E-state index in [0.717, 1.165) is 11.1 Å². The number of rotatable bonds is 10. The van der Waals surface area contributed by atoms with E-state index in [-0.39, 0.29) is 16.8 Å². The molecule has 0 bridgehead atoms. The summed E-state index contributed by atoms with van der Waals surface area (Å²) in [5.41, 5.74) is 2.13. The van der Waals surface area contributed by atoms with Crippen LogP contribution >= 0.6 is 24.0 Å². The highest BCUT2D eigenvalue weighted by Crippen LogP contribution is 2.29. The van der Waals surface area contributed by atoms with E-state index >= 15 is 0 Å². The number of benzene rings is 1. The molecule has 1 fully saturated rings. The first-order chi connectivity index (χ1) is 15.8. The third-order valence-electron chi connectivity index (χ3n) is 4.74. The summed E-state index contributed by atoms with van der Waals surface area (Å²) in [6, 6.07) is 6.76. The summed E-state index contributed by atoms with van der Waals surface area (Å²) in [5, 5.41) is 3.58. The zero-order valence-corrected chi connectivity index (χ0v) is 20.1. The molecule has 0 radical (unpaired) electrons. The summed E-state index contributed by atoms with van der Waals surface area (Å²) < 4.78 is 36.6. The van der Waals surface area contributed by atoms with Gasteiger partial charge in [-0.2, -0.15) is 0 Å². The Morgan fingerprint density at radius 3 is 2.76 bits per heavy atom. The Labute approximate surface area is 200 Å². The number of hydrogen-bond donors (Lipinski definition) is 1. The number of carbonyl (C=O) groups excluding carboxylic acids is 1. The number of halogens is 2. The minimum atomic E-state index is -2.66. The number of thioether (sulfide) groups is 1. The van der Waals surface area contributed by atoms with Crippen molar-refractivity contribution < 1.29 is 23.0 Å². The highest BCUT2D eigenvalue weighted by Gasteiger charge is 2.30. The molecule has 33 heavy (non-hydrogen) atoms. The molecule has 1 aliphatic rings. The number of carbonyl (C=O) groups is 1. The molecule has 1 amide bonds. The van der Waals surface area contributed by atoms with Gasteiger partial charge in [-0.25, -0.2) is 18.7 Å². The quantitative estimate of drug-likeness (QED) is 0.174. The van der Waals surface area contributed by atoms with E-state index < -0.39 is 6.43 Å². The number of nitrogens with zero attached hydrogens (tertiary/aromatic N) is 3. The largest absolute Gasteiger partial charge is 0.496 e. The second kappa shape index (κ2) is 11.5. The Hall–Kier alpha value is -2.63. The van der Waals surface area contributed by atoms with Crippen molar-refractivity contribution in [3.63, 3.8) is 0 Å². The van der Waals surface area contributed by atoms with Crippen LogP contribution in [0.25, 0.3) is 6.08 Å². The molecule has 0 spiro atoms. The zero-order valence-electron chi connectivity index (χ0n) is 18.4. The maximum absolute atomic E-state index is 13.1. The molecule has 1 N–H and O–H groups in total. The fraction of sp³-hybridized carbons (Fsp3) is 0.364. The third kappa shape index (κ3) is 6.46. The predicted octanol–water partition coefficient (Wildman–Crippen LogP) is 4.12. The first kappa shape index (κ1) is 25.0. The van der Waals surface area contributed by atoms with Crippen molar-refractivity contribution in [1.82, 2.24) is 20.2 Å². The van der Waals surface area contributed by atoms with Crippen LogP contribution < -0.4 is 10.1 Å². The number of amides is 1. The van der Waals surface area contributed by atoms with Gasteiger partial charge in [0.2, 0.25) is 0 Å². The summed E-state index contributed by atoms with van der Waals surface area (Å²) in [6.45, 7) is 2.66. The molecule has 2 heterocycles. The normalized spacial score (nSPS) is 15.0. The zero-order chi connectivity index (χ0) is 24.0. The van der Waals surface area contributed by atoms with Crippen LogP contribution in [-0.2, 0) is 15.3 Å². The predicted molar refractivity (Wildman–Crippen MR) is 126 cm³/mol. The second-order valence-electron chi connectivity index (χ2n) is 7.17. The number of methoxy groups -OCH3 is 2. The van der Waals surface area contributed by atoms with E-state index in [1.165, 1.54) is 22.7 Å². The van der Waals surface area contributed by atoms with Gasteiger partial charge in [-0.05, 0) is 55.4 Å². The SMILES string of the molecule is COCCCN1C(=O)/C(=C/c2ccc(OC)c(CSc3nc(C)cc(C(F)F)n3)c2)NC1=S. The summed E-state index contributed by atoms with van der Waals surface area (Å²) in [5.74, 6) is 0.833. The highest BCUT2D eigenvalue weighted by atomic mass is 32.2. The molecule has 0 unspecified atom stereocenters. The Morgan fingerprint density at radius 2 is 2.06 bits per heavy atom. The van der Waals surface area contributed by atoms with Gasteiger partial charge in [0.05, 0.1) is 7.11 Å². The first-order valence-electron chi connectivity index (χ1n) is 10.1. The van der Waals surface area contributed by atoms with E-state index in [2.05, 4.69) is 15.3 Å². The van der Waals surface area contributed by atoms with Crippen molar-refractivity contribution in [2.45, 2.75) is 30.7 Å². The van der Waals surface area contributed by atoms with E-state index in [4.69, 9.17) is 21.7 Å². The summed E-state index contributed by atoms with van der Waals surface area (Å²) in [7, 11) is 3.16. The molecule has 0 atom stereocenters. The summed E-state index contributed by atoms with van der Waals surface area (Å²) in [4.78, 5) is 22.4. The Kier molecular flexibility index (Phi) is 8.70. The average molecular weight is 495 g/mol. The van der Waals surface area contributed by atoms with Gasteiger partial charge in [-0.15, -0.1) is 0 Å². The molecule has 11 heteroatoms. The van der Waals surface area contributed by atoms with Crippen molar-refractivity contribution in [3.05, 3.63) is 52.5 Å². The van der Waals surface area contributed by atoms with Crippen LogP contribution in [0.15, 0.2) is 35.1 Å². The average Bonchev–Trinajstić information content (AvgIpc) is 3.05. The number of alkyl halides is 2. The van der Waals surface area contributed by atoms with Crippen LogP contribution in [0.5, 0.6) is 5.75 Å². The van der Waals surface area contributed by atoms with Gasteiger partial charge in [0.25, 0.3) is 12.3 Å². The number of ether oxygens (including phenoxy) is 2. The second-order valence-corrected chi connectivity index (χ2v) is 8.50. The van der Waals surface area contributed by atoms with Crippen LogP contribution in [0.2, 0.25) is 0 Å². The molecule has 3 rings (SSSR count). The minimum Gasteiger partial charge on any atom is -0.496 e. The lowest BCUT2D eigenvalue weighted by Gasteiger charge is -2.13. The Bertz CT molecular complexity index is 1070. The topological polar surface area (TPSA) is 76.6 Å². The maximum Gasteiger partial charge on any atom is 0.280 e. The van der Waals surface area contributed by atoms with Gasteiger partial charge < -0.3 is 14.8 Å². The fourth-order valence-electron chi connectivity index (χ4n) is 3.19. The van der Waals surface area contributed by atoms with E-state index in [1.807, 2.05) is 12.1 Å². The third-order valence-corrected chi connectivity index (χ3v) is 5.96. The van der Waals surface area contributed by atoms with Crippen LogP contribution in [-0.4, -0.2) is 53.3 Å². The van der Waals surface area contributed by atoms with Crippen molar-refractivity contribution in [2.24, 2.45) is 0 Å². The number of aromatic nitrogens is 2. The molecule has 1 aromatic carbocycles. The molecule has 176 valence electrons. The van der Waals surface area contributed by atoms with E-state index in [0.29, 0.717) is 47.6 Å². The van der Waals surface area contributed by atoms with Crippen LogP contribution in [0, 0.1) is 6.92 Å².